The highest BCUT2D eigenvalue weighted by molar-refractivity contribution is 5.77. The highest BCUT2D eigenvalue weighted by Crippen LogP contribution is 2.73. The first-order chi connectivity index (χ1) is 26.4. The van der Waals surface area contributed by atoms with Gasteiger partial charge in [0.15, 0.2) is 12.6 Å². The molecule has 0 radical (unpaired) electrons. The lowest BCUT2D eigenvalue weighted by Gasteiger charge is -2.64. The highest BCUT2D eigenvalue weighted by atomic mass is 16.8. The first kappa shape index (κ1) is 42.7. The van der Waals surface area contributed by atoms with Crippen LogP contribution in [0.2, 0.25) is 0 Å². The number of aliphatic hydroxyl groups excluding tert-OH is 11. The van der Waals surface area contributed by atoms with Crippen LogP contribution < -0.4 is 0 Å². The standard InChI is InChI=1S/C38H60O18/c1-16-11-37-9-5-20-35(2,7-4-8-36(20,3)34(50)55-32-29(49)26(46)23(43)18(13-40)52-32)21(37)6-10-38(16,15-37)56-33-30(27(47)24(44)19(14-41)53-33)54-31-28(48)25(45)22(42)17(12-39)51-31/h17-33,39-49H,1,4-15H2,2-3H3/t17-,18-,19-,20-,21-,22-,23-,24-,25+,26+,27+,28-,29-,30-,31+,32+,33+,35+,36+,37+,38+/m1/s1. The normalized spacial score (nSPS) is 54.6. The molecule has 7 aliphatic rings. The van der Waals surface area contributed by atoms with E-state index in [0.29, 0.717) is 44.9 Å². The van der Waals surface area contributed by atoms with E-state index in [2.05, 4.69) is 13.5 Å². The van der Waals surface area contributed by atoms with E-state index in [9.17, 15) is 61.0 Å². The summed E-state index contributed by atoms with van der Waals surface area (Å²) in [6.07, 6.45) is -17.8. The molecule has 56 heavy (non-hydrogen) atoms. The van der Waals surface area contributed by atoms with Crippen LogP contribution >= 0.6 is 0 Å². The first-order valence-electron chi connectivity index (χ1n) is 19.9. The number of rotatable bonds is 9. The molecule has 2 bridgehead atoms. The average Bonchev–Trinajstić information content (AvgIpc) is 3.37. The van der Waals surface area contributed by atoms with Gasteiger partial charge in [0.05, 0.1) is 30.8 Å². The number of fused-ring (bicyclic) bond motifs is 3. The quantitative estimate of drug-likeness (QED) is 0.0631. The van der Waals surface area contributed by atoms with Gasteiger partial charge in [-0.2, -0.15) is 0 Å². The Bertz CT molecular complexity index is 1450. The molecule has 0 aromatic carbocycles. The van der Waals surface area contributed by atoms with Crippen molar-refractivity contribution in [3.05, 3.63) is 12.2 Å². The van der Waals surface area contributed by atoms with Gasteiger partial charge in [-0.15, -0.1) is 0 Å². The number of carbonyl (C=O) groups is 1. The number of aliphatic hydroxyl groups is 11. The second-order valence-electron chi connectivity index (χ2n) is 18.0. The lowest BCUT2D eigenvalue weighted by Crippen LogP contribution is -2.65. The van der Waals surface area contributed by atoms with E-state index in [0.717, 1.165) is 18.4 Å². The van der Waals surface area contributed by atoms with Crippen LogP contribution in [0.1, 0.15) is 71.6 Å². The summed E-state index contributed by atoms with van der Waals surface area (Å²) in [5.74, 6) is -0.591. The van der Waals surface area contributed by atoms with Crippen LogP contribution in [0, 0.1) is 28.1 Å². The van der Waals surface area contributed by atoms with Crippen molar-refractivity contribution in [2.45, 2.75) is 169 Å². The van der Waals surface area contributed by atoms with Crippen molar-refractivity contribution in [2.24, 2.45) is 28.1 Å². The monoisotopic (exact) mass is 804 g/mol. The molecule has 0 aromatic rings. The van der Waals surface area contributed by atoms with Crippen molar-refractivity contribution in [1.82, 2.24) is 0 Å². The third kappa shape index (κ3) is 6.69. The minimum Gasteiger partial charge on any atom is -0.432 e. The lowest BCUT2D eigenvalue weighted by molar-refractivity contribution is -0.378. The van der Waals surface area contributed by atoms with Crippen molar-refractivity contribution in [3.63, 3.8) is 0 Å². The zero-order valence-corrected chi connectivity index (χ0v) is 31.8. The molecule has 21 atom stereocenters. The van der Waals surface area contributed by atoms with Crippen molar-refractivity contribution >= 4 is 5.97 Å². The second-order valence-corrected chi connectivity index (χ2v) is 18.0. The summed E-state index contributed by atoms with van der Waals surface area (Å²) in [7, 11) is 0. The summed E-state index contributed by atoms with van der Waals surface area (Å²) >= 11 is 0. The largest absolute Gasteiger partial charge is 0.432 e. The maximum atomic E-state index is 14.1. The molecule has 320 valence electrons. The highest BCUT2D eigenvalue weighted by Gasteiger charge is 2.69. The van der Waals surface area contributed by atoms with Crippen LogP contribution in [0.15, 0.2) is 12.2 Å². The van der Waals surface area contributed by atoms with Crippen molar-refractivity contribution in [2.75, 3.05) is 19.8 Å². The van der Waals surface area contributed by atoms with E-state index in [1.807, 2.05) is 6.92 Å². The fraction of sp³-hybridized carbons (Fsp3) is 0.921. The van der Waals surface area contributed by atoms with Crippen LogP contribution in [0.25, 0.3) is 0 Å². The van der Waals surface area contributed by atoms with Crippen LogP contribution in [0.4, 0.5) is 0 Å². The van der Waals surface area contributed by atoms with E-state index in [1.54, 1.807) is 0 Å². The summed E-state index contributed by atoms with van der Waals surface area (Å²) in [6.45, 7) is 6.52. The minimum atomic E-state index is -1.81. The maximum Gasteiger partial charge on any atom is 0.314 e. The Hall–Kier alpha value is -1.43. The van der Waals surface area contributed by atoms with Gasteiger partial charge in [0.1, 0.15) is 73.2 Å². The zero-order valence-electron chi connectivity index (χ0n) is 31.8. The number of hydrogen-bond acceptors (Lipinski definition) is 18. The van der Waals surface area contributed by atoms with Gasteiger partial charge >= 0.3 is 5.97 Å². The number of esters is 1. The van der Waals surface area contributed by atoms with E-state index in [-0.39, 0.29) is 22.7 Å². The van der Waals surface area contributed by atoms with Gasteiger partial charge in [0.25, 0.3) is 0 Å². The van der Waals surface area contributed by atoms with Gasteiger partial charge < -0.3 is 84.6 Å². The van der Waals surface area contributed by atoms with E-state index >= 15 is 0 Å². The van der Waals surface area contributed by atoms with Gasteiger partial charge in [-0.1, -0.05) is 19.9 Å². The Morgan fingerprint density at radius 3 is 1.82 bits per heavy atom. The fourth-order valence-corrected chi connectivity index (χ4v) is 12.0. The Morgan fingerprint density at radius 2 is 1.21 bits per heavy atom. The van der Waals surface area contributed by atoms with Gasteiger partial charge in [0, 0.05) is 0 Å². The maximum absolute atomic E-state index is 14.1. The van der Waals surface area contributed by atoms with Crippen LogP contribution in [0.3, 0.4) is 0 Å². The Labute approximate surface area is 324 Å². The SMILES string of the molecule is C=C1C[C@]23CC[C@@H]4[C@](C)(CCC[C@]4(C)C(=O)O[C@@H]4O[C@H](CO)[C@@H](O)[C@H](O)[C@H]4O)[C@H]2CC[C@]1(O[C@@H]1O[C@H](CO)[C@@H](O)[C@H](O)[C@H]1O[C@@H]1O[C@H](CO)[C@@H](O)[C@H](O)[C@H]1O)C3. The summed E-state index contributed by atoms with van der Waals surface area (Å²) in [5, 5.41) is 114. The van der Waals surface area contributed by atoms with Crippen molar-refractivity contribution in [1.29, 1.82) is 0 Å². The Kier molecular flexibility index (Phi) is 11.9. The molecule has 7 rings (SSSR count). The summed E-state index contributed by atoms with van der Waals surface area (Å²) in [6, 6.07) is 0. The molecule has 3 saturated heterocycles. The fourth-order valence-electron chi connectivity index (χ4n) is 12.0. The number of ether oxygens (including phenoxy) is 6. The molecular weight excluding hydrogens is 744 g/mol. The van der Waals surface area contributed by atoms with Gasteiger partial charge in [-0.3, -0.25) is 4.79 Å². The molecular formula is C38H60O18. The van der Waals surface area contributed by atoms with E-state index in [1.165, 1.54) is 0 Å². The Balaban J connectivity index is 1.10. The zero-order chi connectivity index (χ0) is 40.7. The molecule has 1 spiro atoms. The van der Waals surface area contributed by atoms with Crippen LogP contribution in [0.5, 0.6) is 0 Å². The van der Waals surface area contributed by atoms with E-state index in [4.69, 9.17) is 28.4 Å². The summed E-state index contributed by atoms with van der Waals surface area (Å²) in [4.78, 5) is 14.1. The molecule has 3 aliphatic heterocycles. The van der Waals surface area contributed by atoms with E-state index < -0.39 is 129 Å². The topological polar surface area (TPSA) is 295 Å². The van der Waals surface area contributed by atoms with Crippen molar-refractivity contribution < 1.29 is 89.4 Å². The molecule has 0 aromatic heterocycles. The molecule has 18 nitrogen and oxygen atoms in total. The van der Waals surface area contributed by atoms with Gasteiger partial charge in [-0.05, 0) is 86.5 Å². The number of carbonyl (C=O) groups excluding carboxylic acids is 1. The molecule has 18 heteroatoms. The minimum absolute atomic E-state index is 0.121. The smallest absolute Gasteiger partial charge is 0.314 e. The number of hydrogen-bond donors (Lipinski definition) is 11. The van der Waals surface area contributed by atoms with Gasteiger partial charge in [0.2, 0.25) is 6.29 Å². The second kappa shape index (κ2) is 15.6. The molecule has 4 aliphatic carbocycles. The molecule has 0 amide bonds. The molecule has 4 saturated carbocycles. The molecule has 3 heterocycles. The molecule has 11 N–H and O–H groups in total. The van der Waals surface area contributed by atoms with Crippen molar-refractivity contribution in [3.8, 4) is 0 Å². The molecule has 7 fully saturated rings. The summed E-state index contributed by atoms with van der Waals surface area (Å²) in [5.41, 5.74) is -1.80. The van der Waals surface area contributed by atoms with Crippen LogP contribution in [-0.4, -0.2) is 180 Å². The third-order valence-corrected chi connectivity index (χ3v) is 15.0. The average molecular weight is 805 g/mol. The van der Waals surface area contributed by atoms with Crippen LogP contribution in [-0.2, 0) is 33.2 Å². The lowest BCUT2D eigenvalue weighted by atomic mass is 9.41. The first-order valence-corrected chi connectivity index (χ1v) is 19.9. The molecule has 0 unspecified atom stereocenters. The Morgan fingerprint density at radius 1 is 0.679 bits per heavy atom. The van der Waals surface area contributed by atoms with Gasteiger partial charge in [-0.25, -0.2) is 0 Å². The summed E-state index contributed by atoms with van der Waals surface area (Å²) < 4.78 is 35.6. The third-order valence-electron chi connectivity index (χ3n) is 15.0. The predicted octanol–water partition coefficient (Wildman–Crippen LogP) is -2.94. The predicted molar refractivity (Wildman–Crippen MR) is 186 cm³/mol.